The van der Waals surface area contributed by atoms with Crippen LogP contribution in [0.4, 0.5) is 4.79 Å². The molecule has 2 aliphatic heterocycles. The van der Waals surface area contributed by atoms with Crippen LogP contribution in [0.25, 0.3) is 11.4 Å². The third-order valence-corrected chi connectivity index (χ3v) is 8.22. The molecule has 0 bridgehead atoms. The fourth-order valence-electron chi connectivity index (χ4n) is 5.86. The molecule has 13 heteroatoms. The van der Waals surface area contributed by atoms with Crippen molar-refractivity contribution in [2.24, 2.45) is 5.92 Å². The number of carboxylic acids is 1. The van der Waals surface area contributed by atoms with Gasteiger partial charge in [-0.25, -0.2) is 9.59 Å². The highest BCUT2D eigenvalue weighted by atomic mass is 16.4. The van der Waals surface area contributed by atoms with Gasteiger partial charge < -0.3 is 26.0 Å². The first-order valence-electron chi connectivity index (χ1n) is 14.9. The van der Waals surface area contributed by atoms with Gasteiger partial charge in [-0.2, -0.15) is 4.80 Å². The minimum absolute atomic E-state index is 0.101. The van der Waals surface area contributed by atoms with Crippen molar-refractivity contribution in [2.45, 2.75) is 94.9 Å². The number of allylic oxidation sites excluding steroid dienone is 1. The van der Waals surface area contributed by atoms with E-state index in [4.69, 9.17) is 0 Å². The molecule has 1 aliphatic carbocycles. The molecule has 5 rings (SSSR count). The Morgan fingerprint density at radius 3 is 2.60 bits per heavy atom. The standard InChI is InChI=1S/C30H40N8O5/c1-29(2,3)33-28(43)31-22-15-11-6-4-5-10-14-20-17-30(20,27(41)42)32-25(39)23-16-21(18-37(23)26(22)40)38-35-24(34-36-38)19-12-8-7-9-13-19/h7-10,12-14,20-23H,4-6,11,15-18H2,1-3H3,(H,32,39)(H,41,42)(H2,31,33,43)/t20-,21-,22+,23+,30-/m1/s1. The van der Waals surface area contributed by atoms with Crippen LogP contribution in [-0.4, -0.2) is 83.7 Å². The molecule has 0 radical (unpaired) electrons. The second-order valence-corrected chi connectivity index (χ2v) is 12.7. The van der Waals surface area contributed by atoms with Gasteiger partial charge in [0.15, 0.2) is 0 Å². The predicted octanol–water partition coefficient (Wildman–Crippen LogP) is 2.43. The quantitative estimate of drug-likeness (QED) is 0.392. The summed E-state index contributed by atoms with van der Waals surface area (Å²) in [7, 11) is 0. The summed E-state index contributed by atoms with van der Waals surface area (Å²) in [5, 5.41) is 31.4. The van der Waals surface area contributed by atoms with E-state index in [1.54, 1.807) is 0 Å². The van der Waals surface area contributed by atoms with Crippen molar-refractivity contribution >= 4 is 23.8 Å². The highest BCUT2D eigenvalue weighted by Crippen LogP contribution is 2.45. The van der Waals surface area contributed by atoms with Crippen molar-refractivity contribution in [3.05, 3.63) is 42.5 Å². The summed E-state index contributed by atoms with van der Waals surface area (Å²) in [6, 6.07) is 6.54. The number of hydrogen-bond donors (Lipinski definition) is 4. The van der Waals surface area contributed by atoms with Gasteiger partial charge in [-0.3, -0.25) is 9.59 Å². The van der Waals surface area contributed by atoms with Gasteiger partial charge in [0.25, 0.3) is 0 Å². The van der Waals surface area contributed by atoms with Crippen LogP contribution >= 0.6 is 0 Å². The molecule has 1 saturated heterocycles. The number of urea groups is 1. The number of aliphatic carboxylic acids is 1. The number of tetrazole rings is 1. The number of rotatable bonds is 4. The molecule has 4 N–H and O–H groups in total. The lowest BCUT2D eigenvalue weighted by molar-refractivity contribution is -0.145. The number of benzene rings is 1. The fourth-order valence-corrected chi connectivity index (χ4v) is 5.86. The van der Waals surface area contributed by atoms with Crippen LogP contribution in [0.1, 0.15) is 71.8 Å². The zero-order valence-electron chi connectivity index (χ0n) is 24.8. The van der Waals surface area contributed by atoms with E-state index >= 15 is 0 Å². The van der Waals surface area contributed by atoms with Gasteiger partial charge in [0.1, 0.15) is 17.6 Å². The maximum atomic E-state index is 14.1. The number of nitrogens with one attached hydrogen (secondary N) is 3. The molecule has 3 aliphatic rings. The van der Waals surface area contributed by atoms with Crippen molar-refractivity contribution in [2.75, 3.05) is 6.54 Å². The number of carbonyl (C=O) groups is 4. The minimum Gasteiger partial charge on any atom is -0.479 e. The summed E-state index contributed by atoms with van der Waals surface area (Å²) in [6.07, 6.45) is 7.86. The Kier molecular flexibility index (Phi) is 8.52. The molecule has 43 heavy (non-hydrogen) atoms. The SMILES string of the molecule is CC(C)(C)NC(=O)N[C@H]1CCCCCC=C[C@@H]2C[C@@]2(C(=O)O)NC(=O)[C@@H]2C[C@@H](n3nnc(-c4ccccc4)n3)CN2C1=O. The minimum atomic E-state index is -1.41. The van der Waals surface area contributed by atoms with Crippen LogP contribution in [0.15, 0.2) is 42.5 Å². The number of amides is 4. The van der Waals surface area contributed by atoms with Gasteiger partial charge in [0, 0.05) is 30.0 Å². The van der Waals surface area contributed by atoms with E-state index < -0.39 is 53.0 Å². The van der Waals surface area contributed by atoms with Gasteiger partial charge in [0.05, 0.1) is 6.04 Å². The molecule has 1 saturated carbocycles. The molecular formula is C30H40N8O5. The van der Waals surface area contributed by atoms with E-state index in [9.17, 15) is 24.3 Å². The van der Waals surface area contributed by atoms with Crippen molar-refractivity contribution in [1.82, 2.24) is 41.1 Å². The lowest BCUT2D eigenvalue weighted by Crippen LogP contribution is -2.58. The number of hydrogen-bond acceptors (Lipinski definition) is 7. The Labute approximate surface area is 250 Å². The summed E-state index contributed by atoms with van der Waals surface area (Å²) < 4.78 is 0. The first-order chi connectivity index (χ1) is 20.5. The second kappa shape index (κ2) is 12.1. The largest absolute Gasteiger partial charge is 0.479 e. The fraction of sp³-hybridized carbons (Fsp3) is 0.567. The van der Waals surface area contributed by atoms with Crippen LogP contribution in [0.5, 0.6) is 0 Å². The van der Waals surface area contributed by atoms with Crippen LogP contribution in [-0.2, 0) is 14.4 Å². The van der Waals surface area contributed by atoms with Crippen molar-refractivity contribution in [3.63, 3.8) is 0 Å². The molecule has 4 amide bonds. The number of nitrogens with zero attached hydrogens (tertiary/aromatic N) is 5. The molecule has 3 heterocycles. The molecule has 0 unspecified atom stereocenters. The van der Waals surface area contributed by atoms with Crippen molar-refractivity contribution in [1.29, 1.82) is 0 Å². The Hall–Kier alpha value is -4.29. The van der Waals surface area contributed by atoms with Gasteiger partial charge in [0.2, 0.25) is 17.6 Å². The zero-order valence-corrected chi connectivity index (χ0v) is 24.8. The predicted molar refractivity (Wildman–Crippen MR) is 156 cm³/mol. The molecule has 2 aromatic rings. The highest BCUT2D eigenvalue weighted by Gasteiger charge is 2.61. The Morgan fingerprint density at radius 1 is 1.12 bits per heavy atom. The lowest BCUT2D eigenvalue weighted by atomic mass is 10.0. The van der Waals surface area contributed by atoms with E-state index in [1.165, 1.54) is 9.70 Å². The molecule has 1 aromatic heterocycles. The molecule has 13 nitrogen and oxygen atoms in total. The number of carboxylic acid groups (broad SMARTS) is 1. The van der Waals surface area contributed by atoms with Gasteiger partial charge >= 0.3 is 12.0 Å². The van der Waals surface area contributed by atoms with Gasteiger partial charge in [-0.05, 0) is 51.7 Å². The maximum Gasteiger partial charge on any atom is 0.330 e. The first-order valence-corrected chi connectivity index (χ1v) is 14.9. The Bertz CT molecular complexity index is 1390. The summed E-state index contributed by atoms with van der Waals surface area (Å²) in [4.78, 5) is 55.9. The summed E-state index contributed by atoms with van der Waals surface area (Å²) >= 11 is 0. The average Bonchev–Trinajstić information content (AvgIpc) is 3.28. The molecule has 1 aromatic carbocycles. The normalized spacial score (nSPS) is 28.1. The molecule has 0 spiro atoms. The smallest absolute Gasteiger partial charge is 0.330 e. The topological polar surface area (TPSA) is 171 Å². The molecule has 230 valence electrons. The lowest BCUT2D eigenvalue weighted by Gasteiger charge is -2.30. The van der Waals surface area contributed by atoms with Crippen molar-refractivity contribution < 1.29 is 24.3 Å². The van der Waals surface area contributed by atoms with E-state index in [2.05, 4.69) is 31.4 Å². The van der Waals surface area contributed by atoms with Crippen LogP contribution < -0.4 is 16.0 Å². The average molecular weight is 593 g/mol. The van der Waals surface area contributed by atoms with Gasteiger partial charge in [-0.15, -0.1) is 10.2 Å². The summed E-state index contributed by atoms with van der Waals surface area (Å²) in [6.45, 7) is 5.65. The maximum absolute atomic E-state index is 14.1. The number of aromatic nitrogens is 4. The first kappa shape index (κ1) is 30.2. The van der Waals surface area contributed by atoms with E-state index in [0.717, 1.165) is 24.8 Å². The highest BCUT2D eigenvalue weighted by molar-refractivity contribution is 5.96. The summed E-state index contributed by atoms with van der Waals surface area (Å²) in [5.41, 5.74) is -1.14. The zero-order chi connectivity index (χ0) is 30.8. The Balaban J connectivity index is 1.44. The van der Waals surface area contributed by atoms with Crippen LogP contribution in [0.2, 0.25) is 0 Å². The molecule has 5 atom stereocenters. The van der Waals surface area contributed by atoms with E-state index in [0.29, 0.717) is 18.7 Å². The second-order valence-electron chi connectivity index (χ2n) is 12.7. The van der Waals surface area contributed by atoms with Crippen molar-refractivity contribution in [3.8, 4) is 11.4 Å². The van der Waals surface area contributed by atoms with Crippen LogP contribution in [0.3, 0.4) is 0 Å². The van der Waals surface area contributed by atoms with E-state index in [-0.39, 0.29) is 25.3 Å². The number of fused-ring (bicyclic) bond motifs is 2. The molecule has 2 fully saturated rings. The third kappa shape index (κ3) is 6.86. The van der Waals surface area contributed by atoms with E-state index in [1.807, 2.05) is 63.3 Å². The Morgan fingerprint density at radius 2 is 1.88 bits per heavy atom. The number of carbonyl (C=O) groups excluding carboxylic acids is 3. The van der Waals surface area contributed by atoms with Gasteiger partial charge in [-0.1, -0.05) is 55.3 Å². The molecular weight excluding hydrogens is 552 g/mol. The summed E-state index contributed by atoms with van der Waals surface area (Å²) in [5.74, 6) is -1.96. The third-order valence-electron chi connectivity index (χ3n) is 8.22. The van der Waals surface area contributed by atoms with Crippen LogP contribution in [0, 0.1) is 5.92 Å². The monoisotopic (exact) mass is 592 g/mol.